The number of nitrogens with one attached hydrogen (secondary N) is 1. The smallest absolute Gasteiger partial charge is 0.262 e. The van der Waals surface area contributed by atoms with Crippen molar-refractivity contribution in [3.05, 3.63) is 83.2 Å². The van der Waals surface area contributed by atoms with E-state index in [2.05, 4.69) is 5.32 Å². The van der Waals surface area contributed by atoms with Gasteiger partial charge in [-0.25, -0.2) is 4.39 Å². The van der Waals surface area contributed by atoms with Gasteiger partial charge in [0.1, 0.15) is 24.8 Å². The molecule has 5 rings (SSSR count). The molecule has 0 aliphatic carbocycles. The second kappa shape index (κ2) is 9.43. The third-order valence-corrected chi connectivity index (χ3v) is 5.79. The summed E-state index contributed by atoms with van der Waals surface area (Å²) in [5.41, 5.74) is 2.31. The molecule has 0 spiro atoms. The van der Waals surface area contributed by atoms with Gasteiger partial charge in [0.05, 0.1) is 0 Å². The molecule has 3 aromatic rings. The highest BCUT2D eigenvalue weighted by molar-refractivity contribution is 5.97. The second-order valence-electron chi connectivity index (χ2n) is 8.05. The number of anilines is 1. The van der Waals surface area contributed by atoms with Crippen molar-refractivity contribution in [2.75, 3.05) is 31.7 Å². The van der Waals surface area contributed by atoms with Gasteiger partial charge >= 0.3 is 0 Å². The maximum atomic E-state index is 14.0. The van der Waals surface area contributed by atoms with Gasteiger partial charge < -0.3 is 24.4 Å². The molecule has 2 aliphatic rings. The lowest BCUT2D eigenvalue weighted by Crippen LogP contribution is -2.37. The number of carbonyl (C=O) groups excluding carboxylic acids is 2. The molecule has 0 unspecified atom stereocenters. The van der Waals surface area contributed by atoms with Crippen LogP contribution >= 0.6 is 0 Å². The third-order valence-electron chi connectivity index (χ3n) is 5.79. The molecule has 2 amide bonds. The minimum atomic E-state index is -0.336. The van der Waals surface area contributed by atoms with Gasteiger partial charge in [0.25, 0.3) is 11.8 Å². The van der Waals surface area contributed by atoms with E-state index in [1.54, 1.807) is 59.5 Å². The van der Waals surface area contributed by atoms with E-state index in [1.165, 1.54) is 6.07 Å². The molecule has 0 atom stereocenters. The van der Waals surface area contributed by atoms with Gasteiger partial charge in [0.2, 0.25) is 0 Å². The van der Waals surface area contributed by atoms with Gasteiger partial charge in [-0.2, -0.15) is 0 Å². The minimum Gasteiger partial charge on any atom is -0.486 e. The number of benzene rings is 3. The number of rotatable bonds is 6. The number of hydrogen-bond donors (Lipinski definition) is 1. The van der Waals surface area contributed by atoms with E-state index in [0.717, 1.165) is 5.56 Å². The molecule has 0 bridgehead atoms. The summed E-state index contributed by atoms with van der Waals surface area (Å²) in [7, 11) is 0. The molecule has 174 valence electrons. The van der Waals surface area contributed by atoms with E-state index < -0.39 is 0 Å². The molecule has 2 aliphatic heterocycles. The number of halogens is 1. The number of ether oxygens (including phenoxy) is 3. The summed E-state index contributed by atoms with van der Waals surface area (Å²) in [6.07, 6.45) is 0.551. The van der Waals surface area contributed by atoms with Crippen LogP contribution in [0.2, 0.25) is 0 Å². The minimum absolute atomic E-state index is 0.185. The van der Waals surface area contributed by atoms with Crippen LogP contribution in [-0.2, 0) is 17.8 Å². The van der Waals surface area contributed by atoms with E-state index in [1.807, 2.05) is 0 Å². The normalized spacial score (nSPS) is 14.4. The van der Waals surface area contributed by atoms with Crippen molar-refractivity contribution >= 4 is 17.5 Å². The highest BCUT2D eigenvalue weighted by Crippen LogP contribution is 2.33. The summed E-state index contributed by atoms with van der Waals surface area (Å²) in [6.45, 7) is 1.39. The first-order valence-corrected chi connectivity index (χ1v) is 11.1. The average molecular weight is 462 g/mol. The summed E-state index contributed by atoms with van der Waals surface area (Å²) < 4.78 is 30.8. The average Bonchev–Trinajstić information content (AvgIpc) is 2.85. The summed E-state index contributed by atoms with van der Waals surface area (Å²) in [5.74, 6) is 0.870. The van der Waals surface area contributed by atoms with Crippen molar-refractivity contribution in [2.45, 2.75) is 13.0 Å². The zero-order chi connectivity index (χ0) is 23.5. The maximum Gasteiger partial charge on any atom is 0.262 e. The van der Waals surface area contributed by atoms with Crippen molar-refractivity contribution < 1.29 is 28.2 Å². The Morgan fingerprint density at radius 3 is 2.71 bits per heavy atom. The SMILES string of the molecule is O=C(COc1cccc2c1CCN(Cc1ccccc1F)C2=O)Nc1ccc2c(c1)OCCO2. The topological polar surface area (TPSA) is 77.1 Å². The van der Waals surface area contributed by atoms with E-state index in [0.29, 0.717) is 60.2 Å². The highest BCUT2D eigenvalue weighted by atomic mass is 19.1. The van der Waals surface area contributed by atoms with Gasteiger partial charge in [-0.15, -0.1) is 0 Å². The highest BCUT2D eigenvalue weighted by Gasteiger charge is 2.27. The van der Waals surface area contributed by atoms with Crippen LogP contribution in [0.4, 0.5) is 10.1 Å². The molecule has 8 heteroatoms. The zero-order valence-electron chi connectivity index (χ0n) is 18.4. The first-order valence-electron chi connectivity index (χ1n) is 11.1. The van der Waals surface area contributed by atoms with E-state index in [4.69, 9.17) is 14.2 Å². The molecule has 0 aromatic heterocycles. The Bertz CT molecular complexity index is 1250. The lowest BCUT2D eigenvalue weighted by atomic mass is 9.97. The lowest BCUT2D eigenvalue weighted by molar-refractivity contribution is -0.118. The van der Waals surface area contributed by atoms with Gasteiger partial charge in [-0.1, -0.05) is 24.3 Å². The first kappa shape index (κ1) is 21.8. The number of fused-ring (bicyclic) bond motifs is 2. The van der Waals surface area contributed by atoms with Crippen LogP contribution in [0.25, 0.3) is 0 Å². The fraction of sp³-hybridized carbons (Fsp3) is 0.231. The van der Waals surface area contributed by atoms with E-state index >= 15 is 0 Å². The number of amides is 2. The van der Waals surface area contributed by atoms with Crippen molar-refractivity contribution in [3.8, 4) is 17.2 Å². The number of carbonyl (C=O) groups is 2. The van der Waals surface area contributed by atoms with Crippen molar-refractivity contribution in [1.29, 1.82) is 0 Å². The largest absolute Gasteiger partial charge is 0.486 e. The summed E-state index contributed by atoms with van der Waals surface area (Å²) >= 11 is 0. The molecular weight excluding hydrogens is 439 g/mol. The molecule has 7 nitrogen and oxygen atoms in total. The number of nitrogens with zero attached hydrogens (tertiary/aromatic N) is 1. The van der Waals surface area contributed by atoms with E-state index in [-0.39, 0.29) is 30.8 Å². The summed E-state index contributed by atoms with van der Waals surface area (Å²) in [6, 6.07) is 16.8. The Kier molecular flexibility index (Phi) is 6.03. The summed E-state index contributed by atoms with van der Waals surface area (Å²) in [4.78, 5) is 27.1. The molecule has 34 heavy (non-hydrogen) atoms. The Morgan fingerprint density at radius 1 is 1.03 bits per heavy atom. The van der Waals surface area contributed by atoms with Gasteiger partial charge in [0, 0.05) is 41.5 Å². The third kappa shape index (κ3) is 4.52. The fourth-order valence-electron chi connectivity index (χ4n) is 4.12. The second-order valence-corrected chi connectivity index (χ2v) is 8.05. The molecule has 1 N–H and O–H groups in total. The molecule has 0 saturated heterocycles. The fourth-order valence-corrected chi connectivity index (χ4v) is 4.12. The van der Waals surface area contributed by atoms with Crippen LogP contribution in [0.1, 0.15) is 21.5 Å². The van der Waals surface area contributed by atoms with Crippen LogP contribution in [0, 0.1) is 5.82 Å². The molecule has 2 heterocycles. The van der Waals surface area contributed by atoms with Crippen molar-refractivity contribution in [3.63, 3.8) is 0 Å². The standard InChI is InChI=1S/C26H23FN2O5/c27-21-6-2-1-4-17(21)15-29-11-10-19-20(26(29)31)5-3-7-22(19)34-16-25(30)28-18-8-9-23-24(14-18)33-13-12-32-23/h1-9,14H,10-13,15-16H2,(H,28,30). The van der Waals surface area contributed by atoms with Crippen molar-refractivity contribution in [2.24, 2.45) is 0 Å². The van der Waals surface area contributed by atoms with Crippen LogP contribution in [0.5, 0.6) is 17.2 Å². The monoisotopic (exact) mass is 462 g/mol. The summed E-state index contributed by atoms with van der Waals surface area (Å²) in [5, 5.41) is 2.78. The molecule has 0 fully saturated rings. The molecule has 0 radical (unpaired) electrons. The molecular formula is C26H23FN2O5. The van der Waals surface area contributed by atoms with Gasteiger partial charge in [0.15, 0.2) is 18.1 Å². The Morgan fingerprint density at radius 2 is 1.85 bits per heavy atom. The zero-order valence-corrected chi connectivity index (χ0v) is 18.4. The Hall–Kier alpha value is -4.07. The first-order chi connectivity index (χ1) is 16.6. The van der Waals surface area contributed by atoms with Gasteiger partial charge in [-0.3, -0.25) is 9.59 Å². The van der Waals surface area contributed by atoms with E-state index in [9.17, 15) is 14.0 Å². The molecule has 3 aromatic carbocycles. The van der Waals surface area contributed by atoms with Crippen LogP contribution < -0.4 is 19.5 Å². The van der Waals surface area contributed by atoms with Crippen molar-refractivity contribution in [1.82, 2.24) is 4.90 Å². The quantitative estimate of drug-likeness (QED) is 0.603. The number of hydrogen-bond acceptors (Lipinski definition) is 5. The maximum absolute atomic E-state index is 14.0. The van der Waals surface area contributed by atoms with Crippen LogP contribution in [-0.4, -0.2) is 43.1 Å². The van der Waals surface area contributed by atoms with Crippen LogP contribution in [0.15, 0.2) is 60.7 Å². The Labute approximate surface area is 196 Å². The predicted octanol–water partition coefficient (Wildman–Crippen LogP) is 3.81. The van der Waals surface area contributed by atoms with Crippen LogP contribution in [0.3, 0.4) is 0 Å². The van der Waals surface area contributed by atoms with Gasteiger partial charge in [-0.05, 0) is 36.8 Å². The molecule has 0 saturated carbocycles. The predicted molar refractivity (Wildman–Crippen MR) is 123 cm³/mol. The lowest BCUT2D eigenvalue weighted by Gasteiger charge is -2.29. The Balaban J connectivity index is 1.23.